The van der Waals surface area contributed by atoms with Gasteiger partial charge in [0.1, 0.15) is 23.8 Å². The number of hydrogen-bond donors (Lipinski definition) is 1. The number of aliphatic carboxylic acids is 1. The van der Waals surface area contributed by atoms with Gasteiger partial charge < -0.3 is 19.0 Å². The first-order valence-corrected chi connectivity index (χ1v) is 14.6. The molecule has 0 amide bonds. The Kier molecular flexibility index (Phi) is 9.85. The maximum Gasteiger partial charge on any atom is 0.416 e. The second-order valence-electron chi connectivity index (χ2n) is 9.68. The molecular formula is C30H30F3N3O7S. The second-order valence-corrected chi connectivity index (χ2v) is 11.6. The summed E-state index contributed by atoms with van der Waals surface area (Å²) in [6.45, 7) is 0.865. The second kappa shape index (κ2) is 13.4. The lowest BCUT2D eigenvalue weighted by Crippen LogP contribution is -2.44. The Labute approximate surface area is 252 Å². The van der Waals surface area contributed by atoms with Crippen LogP contribution in [0.4, 0.5) is 18.9 Å². The smallest absolute Gasteiger partial charge is 0.416 e. The van der Waals surface area contributed by atoms with Gasteiger partial charge >= 0.3 is 22.4 Å². The number of halogens is 3. The van der Waals surface area contributed by atoms with Crippen LogP contribution in [0.25, 0.3) is 11.5 Å². The minimum Gasteiger partial charge on any atom is -0.497 e. The monoisotopic (exact) mass is 633 g/mol. The maximum absolute atomic E-state index is 13.4. The molecule has 4 aromatic rings. The molecule has 0 spiro atoms. The molecule has 0 bridgehead atoms. The van der Waals surface area contributed by atoms with E-state index in [1.165, 1.54) is 26.3 Å². The number of carbonyl (C=O) groups is 1. The summed E-state index contributed by atoms with van der Waals surface area (Å²) in [7, 11) is -1.42. The Morgan fingerprint density at radius 2 is 1.70 bits per heavy atom. The average molecular weight is 634 g/mol. The highest BCUT2D eigenvalue weighted by Crippen LogP contribution is 2.31. The zero-order chi connectivity index (χ0) is 32.1. The van der Waals surface area contributed by atoms with E-state index in [4.69, 9.17) is 13.9 Å². The van der Waals surface area contributed by atoms with E-state index < -0.39 is 34.5 Å². The minimum atomic E-state index is -4.44. The first kappa shape index (κ1) is 32.4. The normalized spacial score (nSPS) is 11.9. The quantitative estimate of drug-likeness (QED) is 0.203. The Morgan fingerprint density at radius 3 is 2.32 bits per heavy atom. The van der Waals surface area contributed by atoms with Gasteiger partial charge in [0, 0.05) is 25.6 Å². The Balaban J connectivity index is 1.42. The molecule has 4 rings (SSSR count). The van der Waals surface area contributed by atoms with Crippen molar-refractivity contribution in [2.75, 3.05) is 31.6 Å². The predicted octanol–water partition coefficient (Wildman–Crippen LogP) is 5.57. The molecule has 0 aliphatic heterocycles. The van der Waals surface area contributed by atoms with Crippen LogP contribution in [-0.2, 0) is 34.1 Å². The molecule has 234 valence electrons. The van der Waals surface area contributed by atoms with E-state index >= 15 is 0 Å². The van der Waals surface area contributed by atoms with Crippen LogP contribution < -0.4 is 13.8 Å². The van der Waals surface area contributed by atoms with Crippen molar-refractivity contribution in [1.29, 1.82) is 0 Å². The van der Waals surface area contributed by atoms with Gasteiger partial charge in [-0.05, 0) is 73.2 Å². The van der Waals surface area contributed by atoms with E-state index in [0.717, 1.165) is 20.7 Å². The van der Waals surface area contributed by atoms with Crippen LogP contribution in [0.2, 0.25) is 0 Å². The number of oxazole rings is 1. The highest BCUT2D eigenvalue weighted by molar-refractivity contribution is 7.90. The van der Waals surface area contributed by atoms with Crippen LogP contribution in [0.1, 0.15) is 22.6 Å². The fourth-order valence-electron chi connectivity index (χ4n) is 4.26. The van der Waals surface area contributed by atoms with Crippen molar-refractivity contribution < 1.29 is 45.4 Å². The number of methoxy groups -OCH3 is 1. The van der Waals surface area contributed by atoms with Gasteiger partial charge in [-0.25, -0.2) is 4.98 Å². The van der Waals surface area contributed by atoms with Crippen LogP contribution in [0.5, 0.6) is 11.5 Å². The van der Waals surface area contributed by atoms with Gasteiger partial charge in [-0.2, -0.15) is 25.9 Å². The highest BCUT2D eigenvalue weighted by atomic mass is 32.2. The number of carboxylic acid groups (broad SMARTS) is 1. The number of carboxylic acids is 1. The summed E-state index contributed by atoms with van der Waals surface area (Å²) in [5.74, 6) is 0.322. The highest BCUT2D eigenvalue weighted by Gasteiger charge is 2.31. The van der Waals surface area contributed by atoms with Gasteiger partial charge in [-0.1, -0.05) is 12.1 Å². The van der Waals surface area contributed by atoms with Crippen molar-refractivity contribution >= 4 is 21.9 Å². The summed E-state index contributed by atoms with van der Waals surface area (Å²) in [5.41, 5.74) is 1.02. The van der Waals surface area contributed by atoms with Gasteiger partial charge in [0.25, 0.3) is 0 Å². The number of hydrogen-bond acceptors (Lipinski definition) is 7. The first-order chi connectivity index (χ1) is 20.8. The molecule has 1 heterocycles. The van der Waals surface area contributed by atoms with E-state index in [2.05, 4.69) is 4.98 Å². The molecule has 44 heavy (non-hydrogen) atoms. The fourth-order valence-corrected chi connectivity index (χ4v) is 5.58. The molecule has 0 radical (unpaired) electrons. The third-order valence-corrected chi connectivity index (χ3v) is 8.45. The molecular weight excluding hydrogens is 603 g/mol. The molecule has 14 heteroatoms. The molecule has 1 aromatic heterocycles. The number of ether oxygens (including phenoxy) is 2. The van der Waals surface area contributed by atoms with Gasteiger partial charge in [-0.15, -0.1) is 0 Å². The van der Waals surface area contributed by atoms with E-state index in [-0.39, 0.29) is 19.0 Å². The molecule has 0 saturated heterocycles. The van der Waals surface area contributed by atoms with Crippen molar-refractivity contribution in [2.45, 2.75) is 26.1 Å². The van der Waals surface area contributed by atoms with E-state index in [0.29, 0.717) is 46.2 Å². The zero-order valence-corrected chi connectivity index (χ0v) is 24.9. The van der Waals surface area contributed by atoms with Gasteiger partial charge in [0.05, 0.1) is 30.7 Å². The standard InChI is InChI=1S/C30H30F3N3O7S/c1-20-27(34-29(43-20)22-7-9-23(10-8-22)30(31,32)33)15-16-42-26-6-4-5-21(17-26)18-36(19-28(37)38)44(39,40)35(2)24-11-13-25(41-3)14-12-24/h4-14,17H,15-16,18-19H2,1-3H3,(H,37,38). The lowest BCUT2D eigenvalue weighted by molar-refractivity contribution is -0.138. The molecule has 0 atom stereocenters. The van der Waals surface area contributed by atoms with Crippen LogP contribution in [0, 0.1) is 6.92 Å². The van der Waals surface area contributed by atoms with Crippen LogP contribution in [-0.4, -0.2) is 56.1 Å². The van der Waals surface area contributed by atoms with Crippen molar-refractivity contribution in [3.05, 3.63) is 95.4 Å². The zero-order valence-electron chi connectivity index (χ0n) is 24.0. The number of aryl methyl sites for hydroxylation is 1. The number of benzene rings is 3. The maximum atomic E-state index is 13.4. The Bertz CT molecular complexity index is 1690. The number of anilines is 1. The molecule has 3 aromatic carbocycles. The third kappa shape index (κ3) is 7.88. The van der Waals surface area contributed by atoms with Crippen LogP contribution >= 0.6 is 0 Å². The van der Waals surface area contributed by atoms with E-state index in [1.807, 2.05) is 0 Å². The first-order valence-electron chi connectivity index (χ1n) is 13.2. The molecule has 10 nitrogen and oxygen atoms in total. The molecule has 0 saturated carbocycles. The van der Waals surface area contributed by atoms with E-state index in [1.54, 1.807) is 55.5 Å². The van der Waals surface area contributed by atoms with Crippen molar-refractivity contribution in [2.24, 2.45) is 0 Å². The predicted molar refractivity (Wildman–Crippen MR) is 156 cm³/mol. The summed E-state index contributed by atoms with van der Waals surface area (Å²) in [5, 5.41) is 9.44. The van der Waals surface area contributed by atoms with Crippen LogP contribution in [0.15, 0.2) is 77.2 Å². The number of alkyl halides is 3. The average Bonchev–Trinajstić information content (AvgIpc) is 3.36. The third-order valence-electron chi connectivity index (χ3n) is 6.64. The summed E-state index contributed by atoms with van der Waals surface area (Å²) in [6, 6.07) is 17.4. The molecule has 0 unspecified atom stereocenters. The van der Waals surface area contributed by atoms with E-state index in [9.17, 15) is 31.5 Å². The lowest BCUT2D eigenvalue weighted by atomic mass is 10.1. The van der Waals surface area contributed by atoms with Crippen LogP contribution in [0.3, 0.4) is 0 Å². The number of rotatable bonds is 13. The van der Waals surface area contributed by atoms with Gasteiger partial charge in [0.15, 0.2) is 0 Å². The molecule has 0 fully saturated rings. The largest absolute Gasteiger partial charge is 0.497 e. The van der Waals surface area contributed by atoms with Crippen molar-refractivity contribution in [3.63, 3.8) is 0 Å². The Morgan fingerprint density at radius 1 is 1.02 bits per heavy atom. The number of aromatic nitrogens is 1. The van der Waals surface area contributed by atoms with Gasteiger partial charge in [-0.3, -0.25) is 9.10 Å². The van der Waals surface area contributed by atoms with Crippen molar-refractivity contribution in [3.8, 4) is 23.0 Å². The summed E-state index contributed by atoms with van der Waals surface area (Å²) in [4.78, 5) is 16.0. The summed E-state index contributed by atoms with van der Waals surface area (Å²) >= 11 is 0. The molecule has 0 aliphatic carbocycles. The minimum absolute atomic E-state index is 0.167. The molecule has 0 aliphatic rings. The SMILES string of the molecule is COc1ccc(N(C)S(=O)(=O)N(CC(=O)O)Cc2cccc(OCCc3nc(-c4ccc(C(F)(F)F)cc4)oc3C)c2)cc1. The summed E-state index contributed by atoms with van der Waals surface area (Å²) < 4.78 is 83.8. The fraction of sp³-hybridized carbons (Fsp3) is 0.267. The topological polar surface area (TPSA) is 122 Å². The summed E-state index contributed by atoms with van der Waals surface area (Å²) in [6.07, 6.45) is -4.12. The lowest BCUT2D eigenvalue weighted by Gasteiger charge is -2.28. The number of nitrogens with zero attached hydrogens (tertiary/aromatic N) is 3. The van der Waals surface area contributed by atoms with Gasteiger partial charge in [0.2, 0.25) is 5.89 Å². The van der Waals surface area contributed by atoms with Crippen molar-refractivity contribution in [1.82, 2.24) is 9.29 Å². The molecule has 1 N–H and O–H groups in total. The Hall–Kier alpha value is -4.56.